The van der Waals surface area contributed by atoms with Crippen molar-refractivity contribution in [2.45, 2.75) is 0 Å². The first-order valence-electron chi connectivity index (χ1n) is 5.50. The standard InChI is InChI=1S/C13H10FNO5/c1-19-12-7-13(9(15(17)18)6-8(12)14)20-11-5-3-2-4-10(11)16/h2-7,16H,1H3. The van der Waals surface area contributed by atoms with Gasteiger partial charge >= 0.3 is 5.69 Å². The molecule has 0 aromatic heterocycles. The Morgan fingerprint density at radius 2 is 1.90 bits per heavy atom. The summed E-state index contributed by atoms with van der Waals surface area (Å²) in [6, 6.07) is 7.70. The van der Waals surface area contributed by atoms with Gasteiger partial charge in [0.15, 0.2) is 23.1 Å². The van der Waals surface area contributed by atoms with E-state index in [-0.39, 0.29) is 23.0 Å². The molecule has 2 aromatic rings. The first-order chi connectivity index (χ1) is 9.52. The number of nitrogens with zero attached hydrogens (tertiary/aromatic N) is 1. The largest absolute Gasteiger partial charge is 0.504 e. The van der Waals surface area contributed by atoms with Crippen LogP contribution in [0.15, 0.2) is 36.4 Å². The van der Waals surface area contributed by atoms with Crippen LogP contribution in [0.3, 0.4) is 0 Å². The molecule has 6 nitrogen and oxygen atoms in total. The van der Waals surface area contributed by atoms with E-state index in [1.807, 2.05) is 0 Å². The Morgan fingerprint density at radius 1 is 1.20 bits per heavy atom. The van der Waals surface area contributed by atoms with Crippen LogP contribution in [0.2, 0.25) is 0 Å². The number of phenolic OH excluding ortho intramolecular Hbond substituents is 1. The van der Waals surface area contributed by atoms with Gasteiger partial charge in [-0.3, -0.25) is 10.1 Å². The van der Waals surface area contributed by atoms with E-state index in [9.17, 15) is 19.6 Å². The molecule has 20 heavy (non-hydrogen) atoms. The normalized spacial score (nSPS) is 10.1. The molecule has 0 bridgehead atoms. The molecule has 1 N–H and O–H groups in total. The van der Waals surface area contributed by atoms with Crippen molar-refractivity contribution in [3.63, 3.8) is 0 Å². The SMILES string of the molecule is COc1cc(Oc2ccccc2O)c([N+](=O)[O-])cc1F. The number of nitro groups is 1. The monoisotopic (exact) mass is 279 g/mol. The van der Waals surface area contributed by atoms with Crippen LogP contribution in [0.1, 0.15) is 0 Å². The van der Waals surface area contributed by atoms with Gasteiger partial charge in [-0.1, -0.05) is 12.1 Å². The van der Waals surface area contributed by atoms with Crippen LogP contribution in [-0.4, -0.2) is 17.1 Å². The number of hydrogen-bond donors (Lipinski definition) is 1. The quantitative estimate of drug-likeness (QED) is 0.686. The van der Waals surface area contributed by atoms with E-state index < -0.39 is 16.4 Å². The van der Waals surface area contributed by atoms with Gasteiger partial charge in [-0.05, 0) is 12.1 Å². The molecule has 0 fully saturated rings. The van der Waals surface area contributed by atoms with Gasteiger partial charge in [0.1, 0.15) is 0 Å². The zero-order valence-electron chi connectivity index (χ0n) is 10.4. The number of aromatic hydroxyl groups is 1. The molecule has 0 amide bonds. The molecule has 0 saturated carbocycles. The smallest absolute Gasteiger partial charge is 0.314 e. The number of ether oxygens (including phenoxy) is 2. The Kier molecular flexibility index (Phi) is 3.69. The minimum atomic E-state index is -0.871. The summed E-state index contributed by atoms with van der Waals surface area (Å²) >= 11 is 0. The molecular weight excluding hydrogens is 269 g/mol. The predicted octanol–water partition coefficient (Wildman–Crippen LogP) is 3.24. The fourth-order valence-electron chi connectivity index (χ4n) is 1.57. The molecule has 104 valence electrons. The van der Waals surface area contributed by atoms with E-state index in [4.69, 9.17) is 9.47 Å². The van der Waals surface area contributed by atoms with E-state index in [2.05, 4.69) is 0 Å². The Hall–Kier alpha value is -2.83. The number of hydrogen-bond acceptors (Lipinski definition) is 5. The Bertz CT molecular complexity index is 659. The van der Waals surface area contributed by atoms with Crippen LogP contribution < -0.4 is 9.47 Å². The highest BCUT2D eigenvalue weighted by Crippen LogP contribution is 2.38. The maximum absolute atomic E-state index is 13.5. The molecule has 0 saturated heterocycles. The van der Waals surface area contributed by atoms with Crippen LogP contribution in [0.25, 0.3) is 0 Å². The molecular formula is C13H10FNO5. The molecule has 0 aliphatic heterocycles. The number of methoxy groups -OCH3 is 1. The van der Waals surface area contributed by atoms with Gasteiger partial charge in [0.05, 0.1) is 18.1 Å². The molecule has 0 unspecified atom stereocenters. The first-order valence-corrected chi connectivity index (χ1v) is 5.50. The number of phenols is 1. The first kappa shape index (κ1) is 13.6. The fraction of sp³-hybridized carbons (Fsp3) is 0.0769. The van der Waals surface area contributed by atoms with Crippen molar-refractivity contribution in [3.8, 4) is 23.0 Å². The Balaban J connectivity index is 2.49. The molecule has 2 rings (SSSR count). The number of nitro benzene ring substituents is 1. The third kappa shape index (κ3) is 2.61. The summed E-state index contributed by atoms with van der Waals surface area (Å²) in [4.78, 5) is 10.1. The third-order valence-electron chi connectivity index (χ3n) is 2.52. The van der Waals surface area contributed by atoms with Crippen LogP contribution in [-0.2, 0) is 0 Å². The fourth-order valence-corrected chi connectivity index (χ4v) is 1.57. The second-order valence-electron chi connectivity index (χ2n) is 3.78. The van der Waals surface area contributed by atoms with E-state index in [1.54, 1.807) is 12.1 Å². The molecule has 0 atom stereocenters. The van der Waals surface area contributed by atoms with Gasteiger partial charge in [0.2, 0.25) is 5.75 Å². The number of rotatable bonds is 4. The average Bonchev–Trinajstić information content (AvgIpc) is 2.42. The maximum atomic E-state index is 13.5. The van der Waals surface area contributed by atoms with Gasteiger partial charge in [-0.2, -0.15) is 0 Å². The molecule has 2 aromatic carbocycles. The maximum Gasteiger partial charge on any atom is 0.314 e. The highest BCUT2D eigenvalue weighted by atomic mass is 19.1. The summed E-state index contributed by atoms with van der Waals surface area (Å²) in [5.41, 5.74) is -0.563. The zero-order chi connectivity index (χ0) is 14.7. The van der Waals surface area contributed by atoms with E-state index in [0.717, 1.165) is 6.07 Å². The lowest BCUT2D eigenvalue weighted by atomic mass is 10.2. The van der Waals surface area contributed by atoms with Crippen molar-refractivity contribution in [2.24, 2.45) is 0 Å². The van der Waals surface area contributed by atoms with Gasteiger partial charge in [-0.15, -0.1) is 0 Å². The number of para-hydroxylation sites is 2. The molecule has 0 heterocycles. The summed E-state index contributed by atoms with van der Waals surface area (Å²) in [6.07, 6.45) is 0. The molecule has 0 radical (unpaired) electrons. The van der Waals surface area contributed by atoms with E-state index >= 15 is 0 Å². The summed E-state index contributed by atoms with van der Waals surface area (Å²) in [5, 5.41) is 20.5. The van der Waals surface area contributed by atoms with Crippen molar-refractivity contribution in [3.05, 3.63) is 52.3 Å². The minimum Gasteiger partial charge on any atom is -0.504 e. The summed E-state index contributed by atoms with van der Waals surface area (Å²) in [6.45, 7) is 0. The second kappa shape index (κ2) is 5.43. The van der Waals surface area contributed by atoms with Crippen molar-refractivity contribution in [1.82, 2.24) is 0 Å². The lowest BCUT2D eigenvalue weighted by Crippen LogP contribution is -1.97. The molecule has 0 spiro atoms. The van der Waals surface area contributed by atoms with Crippen molar-refractivity contribution in [1.29, 1.82) is 0 Å². The van der Waals surface area contributed by atoms with Gasteiger partial charge in [0, 0.05) is 6.07 Å². The zero-order valence-corrected chi connectivity index (χ0v) is 10.4. The highest BCUT2D eigenvalue weighted by Gasteiger charge is 2.21. The molecule has 7 heteroatoms. The molecule has 0 aliphatic carbocycles. The van der Waals surface area contributed by atoms with Crippen LogP contribution in [0, 0.1) is 15.9 Å². The summed E-state index contributed by atoms with van der Waals surface area (Å²) in [7, 11) is 1.23. The van der Waals surface area contributed by atoms with Crippen LogP contribution >= 0.6 is 0 Å². The highest BCUT2D eigenvalue weighted by molar-refractivity contribution is 5.54. The number of benzene rings is 2. The topological polar surface area (TPSA) is 81.8 Å². The van der Waals surface area contributed by atoms with Crippen LogP contribution in [0.5, 0.6) is 23.0 Å². The predicted molar refractivity (Wildman–Crippen MR) is 67.8 cm³/mol. The Labute approximate surface area is 113 Å². The summed E-state index contributed by atoms with van der Waals surface area (Å²) < 4.78 is 23.5. The average molecular weight is 279 g/mol. The van der Waals surface area contributed by atoms with Crippen LogP contribution in [0.4, 0.5) is 10.1 Å². The van der Waals surface area contributed by atoms with Crippen molar-refractivity contribution in [2.75, 3.05) is 7.11 Å². The lowest BCUT2D eigenvalue weighted by molar-refractivity contribution is -0.385. The second-order valence-corrected chi connectivity index (χ2v) is 3.78. The van der Waals surface area contributed by atoms with E-state index in [1.165, 1.54) is 19.2 Å². The van der Waals surface area contributed by atoms with Crippen molar-refractivity contribution < 1.29 is 23.9 Å². The third-order valence-corrected chi connectivity index (χ3v) is 2.52. The van der Waals surface area contributed by atoms with E-state index in [0.29, 0.717) is 6.07 Å². The lowest BCUT2D eigenvalue weighted by Gasteiger charge is -2.09. The van der Waals surface area contributed by atoms with Gasteiger partial charge in [-0.25, -0.2) is 4.39 Å². The Morgan fingerprint density at radius 3 is 2.50 bits per heavy atom. The van der Waals surface area contributed by atoms with Gasteiger partial charge in [0.25, 0.3) is 0 Å². The summed E-state index contributed by atoms with van der Waals surface area (Å²) in [5.74, 6) is -1.46. The van der Waals surface area contributed by atoms with Gasteiger partial charge < -0.3 is 14.6 Å². The van der Waals surface area contributed by atoms with Crippen molar-refractivity contribution >= 4 is 5.69 Å². The molecule has 0 aliphatic rings. The number of halogens is 1. The minimum absolute atomic E-state index is 0.0178.